The smallest absolute Gasteiger partial charge is 0.0410 e. The van der Waals surface area contributed by atoms with Crippen LogP contribution in [0.4, 0.5) is 5.69 Å². The summed E-state index contributed by atoms with van der Waals surface area (Å²) in [6.07, 6.45) is 3.97. The third kappa shape index (κ3) is 3.17. The molecule has 1 unspecified atom stereocenters. The van der Waals surface area contributed by atoms with E-state index in [0.717, 1.165) is 16.3 Å². The van der Waals surface area contributed by atoms with Crippen LogP contribution in [0.5, 0.6) is 0 Å². The molecule has 0 aromatic heterocycles. The monoisotopic (exact) mass is 315 g/mol. The summed E-state index contributed by atoms with van der Waals surface area (Å²) in [5.41, 5.74) is 2.65. The highest BCUT2D eigenvalue weighted by molar-refractivity contribution is 9.08. The Balaban J connectivity index is 2.20. The first-order chi connectivity index (χ1) is 8.24. The fourth-order valence-electron chi connectivity index (χ4n) is 2.59. The number of hydrogen-bond acceptors (Lipinski definition) is 1. The number of piperidine rings is 1. The maximum absolute atomic E-state index is 6.05. The molecule has 0 spiro atoms. The number of nitrogens with zero attached hydrogens (tertiary/aromatic N) is 1. The van der Waals surface area contributed by atoms with Gasteiger partial charge in [0.15, 0.2) is 0 Å². The van der Waals surface area contributed by atoms with Gasteiger partial charge in [-0.1, -0.05) is 40.9 Å². The molecule has 1 heterocycles. The van der Waals surface area contributed by atoms with Crippen molar-refractivity contribution in [2.45, 2.75) is 31.5 Å². The van der Waals surface area contributed by atoms with E-state index in [4.69, 9.17) is 11.6 Å². The minimum absolute atomic E-state index is 0.826. The molecule has 0 bridgehead atoms. The minimum atomic E-state index is 0.826. The van der Waals surface area contributed by atoms with Gasteiger partial charge in [0, 0.05) is 29.1 Å². The molecule has 0 radical (unpaired) electrons. The Hall–Kier alpha value is -0.210. The standard InChI is InChI=1S/C14H19BrClN/c1-2-11-4-3-7-17(10-11)14-6-5-13(16)8-12(14)9-15/h5-6,8,11H,2-4,7,9-10H2,1H3. The molecule has 1 fully saturated rings. The van der Waals surface area contributed by atoms with Crippen LogP contribution < -0.4 is 4.90 Å². The number of rotatable bonds is 3. The van der Waals surface area contributed by atoms with Crippen molar-refractivity contribution in [3.63, 3.8) is 0 Å². The largest absolute Gasteiger partial charge is 0.371 e. The Labute approximate surface area is 117 Å². The first-order valence-electron chi connectivity index (χ1n) is 6.34. The van der Waals surface area contributed by atoms with Crippen molar-refractivity contribution >= 4 is 33.2 Å². The van der Waals surface area contributed by atoms with Crippen LogP contribution in [-0.2, 0) is 5.33 Å². The minimum Gasteiger partial charge on any atom is -0.371 e. The van der Waals surface area contributed by atoms with E-state index in [1.165, 1.54) is 43.6 Å². The Morgan fingerprint density at radius 1 is 1.47 bits per heavy atom. The fourth-order valence-corrected chi connectivity index (χ4v) is 3.23. The van der Waals surface area contributed by atoms with Crippen LogP contribution in [0, 0.1) is 5.92 Å². The Kier molecular flexibility index (Phi) is 4.75. The molecule has 0 N–H and O–H groups in total. The van der Waals surface area contributed by atoms with Crippen LogP contribution in [0.25, 0.3) is 0 Å². The van der Waals surface area contributed by atoms with Gasteiger partial charge in [0.05, 0.1) is 0 Å². The molecule has 0 aliphatic carbocycles. The van der Waals surface area contributed by atoms with Gasteiger partial charge in [0.2, 0.25) is 0 Å². The van der Waals surface area contributed by atoms with Crippen molar-refractivity contribution in [2.24, 2.45) is 5.92 Å². The summed E-state index contributed by atoms with van der Waals surface area (Å²) in [5, 5.41) is 1.70. The van der Waals surface area contributed by atoms with Crippen molar-refractivity contribution < 1.29 is 0 Å². The highest BCUT2D eigenvalue weighted by Crippen LogP contribution is 2.30. The predicted octanol–water partition coefficient (Wildman–Crippen LogP) is 4.86. The molecule has 94 valence electrons. The number of anilines is 1. The lowest BCUT2D eigenvalue weighted by Crippen LogP contribution is -2.35. The average molecular weight is 317 g/mol. The summed E-state index contributed by atoms with van der Waals surface area (Å²) in [4.78, 5) is 2.52. The van der Waals surface area contributed by atoms with Gasteiger partial charge in [0.25, 0.3) is 0 Å². The summed E-state index contributed by atoms with van der Waals surface area (Å²) in [7, 11) is 0. The normalized spacial score (nSPS) is 20.6. The van der Waals surface area contributed by atoms with Crippen LogP contribution in [0.2, 0.25) is 5.02 Å². The zero-order valence-corrected chi connectivity index (χ0v) is 12.6. The number of halogens is 2. The zero-order chi connectivity index (χ0) is 12.3. The molecule has 1 atom stereocenters. The van der Waals surface area contributed by atoms with Crippen LogP contribution in [0.1, 0.15) is 31.7 Å². The molecule has 0 saturated carbocycles. The van der Waals surface area contributed by atoms with Gasteiger partial charge in [-0.3, -0.25) is 0 Å². The molecule has 1 aliphatic heterocycles. The quantitative estimate of drug-likeness (QED) is 0.720. The van der Waals surface area contributed by atoms with Gasteiger partial charge in [0.1, 0.15) is 0 Å². The van der Waals surface area contributed by atoms with E-state index in [1.54, 1.807) is 0 Å². The third-order valence-electron chi connectivity index (χ3n) is 3.62. The van der Waals surface area contributed by atoms with Crippen LogP contribution in [-0.4, -0.2) is 13.1 Å². The van der Waals surface area contributed by atoms with Gasteiger partial charge in [-0.2, -0.15) is 0 Å². The summed E-state index contributed by atoms with van der Waals surface area (Å²) in [6, 6.07) is 6.23. The van der Waals surface area contributed by atoms with Gasteiger partial charge in [-0.25, -0.2) is 0 Å². The third-order valence-corrected chi connectivity index (χ3v) is 4.46. The highest BCUT2D eigenvalue weighted by atomic mass is 79.9. The van der Waals surface area contributed by atoms with E-state index < -0.39 is 0 Å². The highest BCUT2D eigenvalue weighted by Gasteiger charge is 2.20. The second-order valence-electron chi connectivity index (χ2n) is 4.77. The Morgan fingerprint density at radius 3 is 3.00 bits per heavy atom. The van der Waals surface area contributed by atoms with E-state index in [2.05, 4.69) is 39.9 Å². The van der Waals surface area contributed by atoms with E-state index in [-0.39, 0.29) is 0 Å². The topological polar surface area (TPSA) is 3.24 Å². The molecular weight excluding hydrogens is 298 g/mol. The van der Waals surface area contributed by atoms with Gasteiger partial charge in [-0.15, -0.1) is 0 Å². The van der Waals surface area contributed by atoms with Gasteiger partial charge < -0.3 is 4.90 Å². The van der Waals surface area contributed by atoms with E-state index in [1.807, 2.05) is 6.07 Å². The number of hydrogen-bond donors (Lipinski definition) is 0. The molecule has 1 saturated heterocycles. The summed E-state index contributed by atoms with van der Waals surface area (Å²) in [6.45, 7) is 4.66. The molecule has 1 nitrogen and oxygen atoms in total. The molecule has 3 heteroatoms. The van der Waals surface area contributed by atoms with Crippen molar-refractivity contribution in [1.82, 2.24) is 0 Å². The first kappa shape index (κ1) is 13.2. The van der Waals surface area contributed by atoms with Gasteiger partial charge >= 0.3 is 0 Å². The first-order valence-corrected chi connectivity index (χ1v) is 7.84. The Bertz CT molecular complexity index is 380. The van der Waals surface area contributed by atoms with E-state index in [0.29, 0.717) is 0 Å². The molecule has 17 heavy (non-hydrogen) atoms. The SMILES string of the molecule is CCC1CCCN(c2ccc(Cl)cc2CBr)C1. The van der Waals surface area contributed by atoms with Crippen molar-refractivity contribution in [2.75, 3.05) is 18.0 Å². The van der Waals surface area contributed by atoms with Gasteiger partial charge in [-0.05, 0) is 42.5 Å². The summed E-state index contributed by atoms with van der Waals surface area (Å²) in [5.74, 6) is 0.850. The van der Waals surface area contributed by atoms with Crippen molar-refractivity contribution in [3.05, 3.63) is 28.8 Å². The van der Waals surface area contributed by atoms with Crippen molar-refractivity contribution in [1.29, 1.82) is 0 Å². The lowest BCUT2D eigenvalue weighted by molar-refractivity contribution is 0.404. The molecular formula is C14H19BrClN. The number of benzene rings is 1. The Morgan fingerprint density at radius 2 is 2.29 bits per heavy atom. The van der Waals surface area contributed by atoms with Crippen LogP contribution >= 0.6 is 27.5 Å². The molecule has 1 aliphatic rings. The van der Waals surface area contributed by atoms with E-state index >= 15 is 0 Å². The average Bonchev–Trinajstić information content (AvgIpc) is 2.38. The maximum Gasteiger partial charge on any atom is 0.0410 e. The summed E-state index contributed by atoms with van der Waals surface area (Å²) < 4.78 is 0. The number of alkyl halides is 1. The second kappa shape index (κ2) is 6.10. The fraction of sp³-hybridized carbons (Fsp3) is 0.571. The van der Waals surface area contributed by atoms with Crippen LogP contribution in [0.15, 0.2) is 18.2 Å². The zero-order valence-electron chi connectivity index (χ0n) is 10.3. The lowest BCUT2D eigenvalue weighted by Gasteiger charge is -2.35. The second-order valence-corrected chi connectivity index (χ2v) is 5.77. The molecule has 2 rings (SSSR count). The predicted molar refractivity (Wildman–Crippen MR) is 79.3 cm³/mol. The van der Waals surface area contributed by atoms with Crippen molar-refractivity contribution in [3.8, 4) is 0 Å². The maximum atomic E-state index is 6.05. The summed E-state index contributed by atoms with van der Waals surface area (Å²) >= 11 is 9.61. The molecule has 0 amide bonds. The lowest BCUT2D eigenvalue weighted by atomic mass is 9.95. The molecule has 1 aromatic rings. The van der Waals surface area contributed by atoms with Crippen LogP contribution in [0.3, 0.4) is 0 Å². The molecule has 1 aromatic carbocycles. The van der Waals surface area contributed by atoms with E-state index in [9.17, 15) is 0 Å².